The van der Waals surface area contributed by atoms with E-state index in [9.17, 15) is 4.39 Å². The zero-order valence-corrected chi connectivity index (χ0v) is 10.0. The number of hydrogen-bond donors (Lipinski definition) is 1. The highest BCUT2D eigenvalue weighted by Gasteiger charge is 2.04. The monoisotopic (exact) mass is 233 g/mol. The quantitative estimate of drug-likeness (QED) is 0.878. The minimum atomic E-state index is -0.293. The van der Waals surface area contributed by atoms with Gasteiger partial charge < -0.3 is 9.88 Å². The molecule has 2 aromatic rings. The summed E-state index contributed by atoms with van der Waals surface area (Å²) in [6, 6.07) is 3.89. The minimum absolute atomic E-state index is 0.293. The number of nitrogens with zero attached hydrogens (tertiary/aromatic N) is 2. The van der Waals surface area contributed by atoms with Gasteiger partial charge in [-0.15, -0.1) is 0 Å². The molecule has 0 aromatic carbocycles. The summed E-state index contributed by atoms with van der Waals surface area (Å²) in [5, 5.41) is 3.18. The minimum Gasteiger partial charge on any atom is -0.350 e. The number of hydrogen-bond acceptors (Lipinski definition) is 2. The van der Waals surface area contributed by atoms with Crippen molar-refractivity contribution in [2.75, 3.05) is 7.05 Å². The Hall–Kier alpha value is -1.68. The van der Waals surface area contributed by atoms with Gasteiger partial charge in [-0.05, 0) is 37.2 Å². The molecule has 2 rings (SSSR count). The van der Waals surface area contributed by atoms with Crippen molar-refractivity contribution in [1.82, 2.24) is 14.9 Å². The third-order valence-electron chi connectivity index (χ3n) is 2.83. The van der Waals surface area contributed by atoms with Crippen LogP contribution in [0.3, 0.4) is 0 Å². The second-order valence-electron chi connectivity index (χ2n) is 4.14. The first kappa shape index (κ1) is 11.8. The van der Waals surface area contributed by atoms with Gasteiger partial charge in [-0.3, -0.25) is 4.98 Å². The Kier molecular flexibility index (Phi) is 3.54. The molecule has 0 radical (unpaired) electrons. The average molecular weight is 233 g/mol. The molecule has 0 fully saturated rings. The van der Waals surface area contributed by atoms with Gasteiger partial charge in [-0.25, -0.2) is 4.39 Å². The Morgan fingerprint density at radius 2 is 2.29 bits per heavy atom. The van der Waals surface area contributed by atoms with Crippen LogP contribution in [0.1, 0.15) is 24.1 Å². The molecule has 0 aliphatic heterocycles. The summed E-state index contributed by atoms with van der Waals surface area (Å²) in [4.78, 5) is 3.84. The second kappa shape index (κ2) is 5.10. The number of nitrogens with one attached hydrogen (secondary N) is 1. The highest BCUT2D eigenvalue weighted by molar-refractivity contribution is 5.17. The molecule has 2 aromatic heterocycles. The molecule has 1 atom stereocenters. The van der Waals surface area contributed by atoms with Crippen LogP contribution in [0.15, 0.2) is 36.9 Å². The van der Waals surface area contributed by atoms with Gasteiger partial charge in [0.2, 0.25) is 0 Å². The largest absolute Gasteiger partial charge is 0.350 e. The van der Waals surface area contributed by atoms with Crippen molar-refractivity contribution < 1.29 is 4.39 Å². The van der Waals surface area contributed by atoms with Crippen molar-refractivity contribution in [3.63, 3.8) is 0 Å². The van der Waals surface area contributed by atoms with E-state index in [0.717, 1.165) is 5.56 Å². The predicted octanol–water partition coefficient (Wildman–Crippen LogP) is 2.35. The van der Waals surface area contributed by atoms with Gasteiger partial charge >= 0.3 is 0 Å². The molecule has 90 valence electrons. The Bertz CT molecular complexity index is 493. The van der Waals surface area contributed by atoms with Crippen molar-refractivity contribution >= 4 is 0 Å². The van der Waals surface area contributed by atoms with E-state index in [1.807, 2.05) is 17.8 Å². The molecule has 0 bridgehead atoms. The van der Waals surface area contributed by atoms with Crippen molar-refractivity contribution in [2.24, 2.45) is 0 Å². The van der Waals surface area contributed by atoms with Crippen molar-refractivity contribution in [2.45, 2.75) is 19.5 Å². The highest BCUT2D eigenvalue weighted by atomic mass is 19.1. The normalized spacial score (nSPS) is 12.6. The molecule has 0 aliphatic carbocycles. The molecule has 0 amide bonds. The lowest BCUT2D eigenvalue weighted by Crippen LogP contribution is -2.11. The highest BCUT2D eigenvalue weighted by Crippen LogP contribution is 2.13. The summed E-state index contributed by atoms with van der Waals surface area (Å²) in [5.41, 5.74) is 2.08. The fourth-order valence-electron chi connectivity index (χ4n) is 1.73. The number of pyridine rings is 1. The van der Waals surface area contributed by atoms with E-state index >= 15 is 0 Å². The van der Waals surface area contributed by atoms with Crippen molar-refractivity contribution in [1.29, 1.82) is 0 Å². The standard InChI is InChI=1S/C13H16FN3/c1-10(15-2)12-3-4-17(9-12)8-11-5-13(14)7-16-6-11/h3-7,9-10,15H,8H2,1-2H3. The average Bonchev–Trinajstić information content (AvgIpc) is 2.76. The van der Waals surface area contributed by atoms with E-state index in [1.54, 1.807) is 6.20 Å². The van der Waals surface area contributed by atoms with Gasteiger partial charge in [-0.2, -0.15) is 0 Å². The molecule has 4 heteroatoms. The van der Waals surface area contributed by atoms with Gasteiger partial charge in [0, 0.05) is 31.2 Å². The van der Waals surface area contributed by atoms with E-state index in [-0.39, 0.29) is 5.82 Å². The van der Waals surface area contributed by atoms with Crippen LogP contribution < -0.4 is 5.32 Å². The van der Waals surface area contributed by atoms with Gasteiger partial charge in [0.05, 0.1) is 6.20 Å². The first-order valence-corrected chi connectivity index (χ1v) is 5.61. The molecule has 1 N–H and O–H groups in total. The Labute approximate surface area is 100 Å². The van der Waals surface area contributed by atoms with E-state index in [2.05, 4.69) is 29.5 Å². The van der Waals surface area contributed by atoms with Crippen LogP contribution >= 0.6 is 0 Å². The SMILES string of the molecule is CNC(C)c1ccn(Cc2cncc(F)c2)c1. The smallest absolute Gasteiger partial charge is 0.141 e. The number of aromatic nitrogens is 2. The maximum Gasteiger partial charge on any atom is 0.141 e. The van der Waals surface area contributed by atoms with Gasteiger partial charge in [-0.1, -0.05) is 0 Å². The van der Waals surface area contributed by atoms with Gasteiger partial charge in [0.15, 0.2) is 0 Å². The maximum atomic E-state index is 13.0. The molecule has 0 spiro atoms. The summed E-state index contributed by atoms with van der Waals surface area (Å²) in [7, 11) is 1.93. The first-order valence-electron chi connectivity index (χ1n) is 5.61. The van der Waals surface area contributed by atoms with Crippen molar-refractivity contribution in [3.05, 3.63) is 53.9 Å². The number of rotatable bonds is 4. The molecular weight excluding hydrogens is 217 g/mol. The van der Waals surface area contributed by atoms with Crippen LogP contribution in [0.4, 0.5) is 4.39 Å². The van der Waals surface area contributed by atoms with Crippen LogP contribution in [0.25, 0.3) is 0 Å². The van der Waals surface area contributed by atoms with Gasteiger partial charge in [0.25, 0.3) is 0 Å². The third kappa shape index (κ3) is 2.91. The van der Waals surface area contributed by atoms with Crippen LogP contribution in [0.2, 0.25) is 0 Å². The molecule has 2 heterocycles. The topological polar surface area (TPSA) is 29.9 Å². The Balaban J connectivity index is 2.11. The van der Waals surface area contributed by atoms with Crippen LogP contribution in [-0.2, 0) is 6.54 Å². The Morgan fingerprint density at radius 1 is 1.47 bits per heavy atom. The Morgan fingerprint density at radius 3 is 3.00 bits per heavy atom. The second-order valence-corrected chi connectivity index (χ2v) is 4.14. The van der Waals surface area contributed by atoms with E-state index in [0.29, 0.717) is 12.6 Å². The van der Waals surface area contributed by atoms with Gasteiger partial charge in [0.1, 0.15) is 5.82 Å². The summed E-state index contributed by atoms with van der Waals surface area (Å²) in [5.74, 6) is -0.293. The molecule has 0 saturated carbocycles. The summed E-state index contributed by atoms with van der Waals surface area (Å²) in [6.07, 6.45) is 6.96. The van der Waals surface area contributed by atoms with Crippen LogP contribution in [-0.4, -0.2) is 16.6 Å². The lowest BCUT2D eigenvalue weighted by atomic mass is 10.2. The molecule has 1 unspecified atom stereocenters. The molecule has 0 saturated heterocycles. The molecule has 17 heavy (non-hydrogen) atoms. The summed E-state index contributed by atoms with van der Waals surface area (Å²) in [6.45, 7) is 2.74. The maximum absolute atomic E-state index is 13.0. The van der Waals surface area contributed by atoms with E-state index in [1.165, 1.54) is 17.8 Å². The van der Waals surface area contributed by atoms with Crippen molar-refractivity contribution in [3.8, 4) is 0 Å². The summed E-state index contributed by atoms with van der Waals surface area (Å²) >= 11 is 0. The predicted molar refractivity (Wildman–Crippen MR) is 65.2 cm³/mol. The molecule has 3 nitrogen and oxygen atoms in total. The lowest BCUT2D eigenvalue weighted by Gasteiger charge is -2.07. The fourth-order valence-corrected chi connectivity index (χ4v) is 1.73. The van der Waals surface area contributed by atoms with Crippen LogP contribution in [0.5, 0.6) is 0 Å². The third-order valence-corrected chi connectivity index (χ3v) is 2.83. The lowest BCUT2D eigenvalue weighted by molar-refractivity contribution is 0.616. The zero-order chi connectivity index (χ0) is 12.3. The zero-order valence-electron chi connectivity index (χ0n) is 10.0. The fraction of sp³-hybridized carbons (Fsp3) is 0.308. The molecular formula is C13H16FN3. The first-order chi connectivity index (χ1) is 8.19. The number of halogens is 1. The van der Waals surface area contributed by atoms with E-state index in [4.69, 9.17) is 0 Å². The molecule has 0 aliphatic rings. The van der Waals surface area contributed by atoms with Crippen LogP contribution in [0, 0.1) is 5.82 Å². The van der Waals surface area contributed by atoms with E-state index < -0.39 is 0 Å². The summed E-state index contributed by atoms with van der Waals surface area (Å²) < 4.78 is 15.0.